The number of anilines is 2. The predicted octanol–water partition coefficient (Wildman–Crippen LogP) is 1.19. The summed E-state index contributed by atoms with van der Waals surface area (Å²) in [5, 5.41) is 8.98. The van der Waals surface area contributed by atoms with Crippen LogP contribution in [0.4, 0.5) is 11.5 Å². The third-order valence-electron chi connectivity index (χ3n) is 3.64. The number of aromatic nitrogens is 1. The van der Waals surface area contributed by atoms with Gasteiger partial charge in [0.2, 0.25) is 0 Å². The number of rotatable bonds is 5. The van der Waals surface area contributed by atoms with E-state index in [4.69, 9.17) is 15.6 Å². The number of hydrogen-bond acceptors (Lipinski definition) is 6. The lowest BCUT2D eigenvalue weighted by Crippen LogP contribution is -2.31. The summed E-state index contributed by atoms with van der Waals surface area (Å²) in [5.74, 6) is 0.207. The van der Waals surface area contributed by atoms with Crippen molar-refractivity contribution in [1.82, 2.24) is 4.98 Å². The van der Waals surface area contributed by atoms with Gasteiger partial charge in [0.1, 0.15) is 11.4 Å². The zero-order valence-electron chi connectivity index (χ0n) is 11.7. The van der Waals surface area contributed by atoms with Crippen LogP contribution in [0.15, 0.2) is 12.3 Å². The van der Waals surface area contributed by atoms with E-state index < -0.39 is 5.97 Å². The number of hydrogen-bond donors (Lipinski definition) is 2. The first kappa shape index (κ1) is 14.6. The van der Waals surface area contributed by atoms with E-state index in [1.54, 1.807) is 12.3 Å². The van der Waals surface area contributed by atoms with Crippen LogP contribution in [0.1, 0.15) is 36.0 Å². The number of nitrogens with zero attached hydrogens (tertiary/aromatic N) is 2. The van der Waals surface area contributed by atoms with Crippen LogP contribution in [0.2, 0.25) is 0 Å². The molecule has 1 aliphatic heterocycles. The molecule has 0 saturated carbocycles. The second-order valence-corrected chi connectivity index (χ2v) is 4.99. The second kappa shape index (κ2) is 6.56. The van der Waals surface area contributed by atoms with E-state index in [2.05, 4.69) is 9.88 Å². The first-order valence-electron chi connectivity index (χ1n) is 6.88. The van der Waals surface area contributed by atoms with Crippen molar-refractivity contribution in [2.45, 2.75) is 31.7 Å². The van der Waals surface area contributed by atoms with Gasteiger partial charge in [-0.05, 0) is 31.7 Å². The van der Waals surface area contributed by atoms with Crippen LogP contribution in [0, 0.1) is 0 Å². The third-order valence-corrected chi connectivity index (χ3v) is 3.64. The van der Waals surface area contributed by atoms with Crippen molar-refractivity contribution < 1.29 is 14.6 Å². The van der Waals surface area contributed by atoms with Crippen molar-refractivity contribution in [2.24, 2.45) is 0 Å². The van der Waals surface area contributed by atoms with Gasteiger partial charge in [-0.15, -0.1) is 0 Å². The lowest BCUT2D eigenvalue weighted by molar-refractivity contribution is 0.0601. The highest BCUT2D eigenvalue weighted by Crippen LogP contribution is 2.30. The topological polar surface area (TPSA) is 88.7 Å². The van der Waals surface area contributed by atoms with Crippen LogP contribution in [-0.4, -0.2) is 42.4 Å². The molecule has 6 nitrogen and oxygen atoms in total. The van der Waals surface area contributed by atoms with Crippen LogP contribution < -0.4 is 10.6 Å². The highest BCUT2D eigenvalue weighted by molar-refractivity contribution is 5.95. The zero-order chi connectivity index (χ0) is 14.5. The first-order chi connectivity index (χ1) is 9.67. The van der Waals surface area contributed by atoms with Gasteiger partial charge in [-0.25, -0.2) is 9.78 Å². The van der Waals surface area contributed by atoms with Gasteiger partial charge in [0.15, 0.2) is 0 Å². The molecule has 110 valence electrons. The number of ether oxygens (including phenoxy) is 1. The maximum atomic E-state index is 11.9. The molecular weight excluding hydrogens is 258 g/mol. The van der Waals surface area contributed by atoms with Gasteiger partial charge in [0.25, 0.3) is 0 Å². The van der Waals surface area contributed by atoms with Crippen LogP contribution >= 0.6 is 0 Å². The number of aliphatic hydroxyl groups is 1. The van der Waals surface area contributed by atoms with Gasteiger partial charge >= 0.3 is 5.97 Å². The van der Waals surface area contributed by atoms with Crippen LogP contribution in [-0.2, 0) is 4.74 Å². The molecule has 20 heavy (non-hydrogen) atoms. The van der Waals surface area contributed by atoms with Gasteiger partial charge in [0.05, 0.1) is 19.0 Å². The number of esters is 1. The minimum Gasteiger partial charge on any atom is -0.465 e. The number of carbonyl (C=O) groups is 1. The van der Waals surface area contributed by atoms with Gasteiger partial charge in [-0.3, -0.25) is 0 Å². The summed E-state index contributed by atoms with van der Waals surface area (Å²) in [6.45, 7) is 1.04. The molecule has 1 fully saturated rings. The highest BCUT2D eigenvalue weighted by Gasteiger charge is 2.29. The highest BCUT2D eigenvalue weighted by atomic mass is 16.5. The number of aliphatic hydroxyl groups excluding tert-OH is 1. The summed E-state index contributed by atoms with van der Waals surface area (Å²) in [5.41, 5.74) is 6.56. The Morgan fingerprint density at radius 1 is 1.65 bits per heavy atom. The molecule has 0 aliphatic carbocycles. The number of pyridine rings is 1. The molecule has 1 atom stereocenters. The monoisotopic (exact) mass is 279 g/mol. The molecule has 1 aliphatic rings. The summed E-state index contributed by atoms with van der Waals surface area (Å²) in [4.78, 5) is 18.3. The number of carbonyl (C=O) groups excluding carboxylic acids is 1. The van der Waals surface area contributed by atoms with Crippen molar-refractivity contribution >= 4 is 17.5 Å². The molecule has 0 aromatic carbocycles. The normalized spacial score (nSPS) is 18.3. The van der Waals surface area contributed by atoms with E-state index in [1.165, 1.54) is 7.11 Å². The van der Waals surface area contributed by atoms with Crippen LogP contribution in [0.25, 0.3) is 0 Å². The van der Waals surface area contributed by atoms with Crippen molar-refractivity contribution in [3.05, 3.63) is 17.8 Å². The van der Waals surface area contributed by atoms with Crippen molar-refractivity contribution in [2.75, 3.05) is 30.9 Å². The Morgan fingerprint density at radius 3 is 3.15 bits per heavy atom. The molecule has 2 heterocycles. The van der Waals surface area contributed by atoms with E-state index >= 15 is 0 Å². The molecular formula is C14H21N3O3. The van der Waals surface area contributed by atoms with Gasteiger partial charge in [0, 0.05) is 19.2 Å². The number of nitrogens with two attached hydrogens (primary N) is 1. The average molecular weight is 279 g/mol. The van der Waals surface area contributed by atoms with E-state index in [0.717, 1.165) is 32.2 Å². The standard InChI is InChI=1S/C14H21N3O3/c1-20-14(19)12-8-10(15)9-16-13(12)17-6-2-4-11(17)5-3-7-18/h8-9,11,18H,2-7,15H2,1H3. The van der Waals surface area contributed by atoms with Crippen LogP contribution in [0.5, 0.6) is 0 Å². The maximum Gasteiger partial charge on any atom is 0.341 e. The van der Waals surface area contributed by atoms with E-state index in [0.29, 0.717) is 23.1 Å². The van der Waals surface area contributed by atoms with E-state index in [9.17, 15) is 4.79 Å². The Bertz CT molecular complexity index is 479. The Kier molecular flexibility index (Phi) is 4.79. The summed E-state index contributed by atoms with van der Waals surface area (Å²) in [6, 6.07) is 1.91. The van der Waals surface area contributed by atoms with E-state index in [1.807, 2.05) is 0 Å². The lowest BCUT2D eigenvalue weighted by atomic mass is 10.1. The molecule has 1 aromatic rings. The summed E-state index contributed by atoms with van der Waals surface area (Å²) < 4.78 is 4.81. The van der Waals surface area contributed by atoms with Crippen molar-refractivity contribution in [1.29, 1.82) is 0 Å². The molecule has 6 heteroatoms. The lowest BCUT2D eigenvalue weighted by Gasteiger charge is -2.27. The average Bonchev–Trinajstić information content (AvgIpc) is 2.92. The zero-order valence-corrected chi connectivity index (χ0v) is 11.7. The molecule has 1 aromatic heterocycles. The maximum absolute atomic E-state index is 11.9. The van der Waals surface area contributed by atoms with E-state index in [-0.39, 0.29) is 6.61 Å². The SMILES string of the molecule is COC(=O)c1cc(N)cnc1N1CCCC1CCCO. The fourth-order valence-electron chi connectivity index (χ4n) is 2.70. The minimum atomic E-state index is -0.424. The number of nitrogen functional groups attached to an aromatic ring is 1. The molecule has 1 saturated heterocycles. The smallest absolute Gasteiger partial charge is 0.341 e. The fourth-order valence-corrected chi connectivity index (χ4v) is 2.70. The Labute approximate surface area is 118 Å². The molecule has 3 N–H and O–H groups in total. The number of methoxy groups -OCH3 is 1. The molecule has 2 rings (SSSR count). The molecule has 1 unspecified atom stereocenters. The first-order valence-corrected chi connectivity index (χ1v) is 6.88. The third kappa shape index (κ3) is 3.01. The van der Waals surface area contributed by atoms with Crippen molar-refractivity contribution in [3.8, 4) is 0 Å². The van der Waals surface area contributed by atoms with Crippen LogP contribution in [0.3, 0.4) is 0 Å². The molecule has 0 bridgehead atoms. The van der Waals surface area contributed by atoms with Gasteiger partial charge in [-0.2, -0.15) is 0 Å². The summed E-state index contributed by atoms with van der Waals surface area (Å²) in [7, 11) is 1.35. The van der Waals surface area contributed by atoms with Gasteiger partial charge in [-0.1, -0.05) is 0 Å². The minimum absolute atomic E-state index is 0.184. The summed E-state index contributed by atoms with van der Waals surface area (Å²) in [6.07, 6.45) is 5.31. The second-order valence-electron chi connectivity index (χ2n) is 4.99. The Hall–Kier alpha value is -1.82. The quantitative estimate of drug-likeness (QED) is 0.787. The van der Waals surface area contributed by atoms with Crippen molar-refractivity contribution in [3.63, 3.8) is 0 Å². The largest absolute Gasteiger partial charge is 0.465 e. The summed E-state index contributed by atoms with van der Waals surface area (Å²) >= 11 is 0. The molecule has 0 radical (unpaired) electrons. The fraction of sp³-hybridized carbons (Fsp3) is 0.571. The van der Waals surface area contributed by atoms with Gasteiger partial charge < -0.3 is 20.5 Å². The molecule has 0 amide bonds. The molecule has 0 spiro atoms. The Balaban J connectivity index is 2.28. The Morgan fingerprint density at radius 2 is 2.45 bits per heavy atom. The predicted molar refractivity (Wildman–Crippen MR) is 76.7 cm³/mol.